The summed E-state index contributed by atoms with van der Waals surface area (Å²) in [4.78, 5) is 48.7. The van der Waals surface area contributed by atoms with Gasteiger partial charge in [-0.25, -0.2) is 4.79 Å². The zero-order chi connectivity index (χ0) is 34.9. The number of fused-ring (bicyclic) bond motifs is 1. The van der Waals surface area contributed by atoms with Crippen LogP contribution in [0.5, 0.6) is 0 Å². The zero-order valence-corrected chi connectivity index (χ0v) is 28.8. The standard InChI is InChI=1S/C36H46ClF3N6O3/c1-43-16-9-35(10-17-43)11-18-45(19-12-35)33(48)26(20-24-21-28(36(38,39)40)32(41)29(37)22-24)23-31(47)44-13-7-27(8-14-44)46-15-6-25-4-2-3-5-30(25)42-34(46)49/h2-5,21-22,26-27H,6-20,23,41H2,1H3,(H,42,49)/t26-/m0/s1. The number of likely N-dealkylation sites (tertiary alicyclic amines) is 3. The molecule has 4 amide bonds. The molecule has 0 saturated carbocycles. The molecule has 2 aromatic carbocycles. The van der Waals surface area contributed by atoms with Gasteiger partial charge >= 0.3 is 12.2 Å². The predicted octanol–water partition coefficient (Wildman–Crippen LogP) is 5.91. The summed E-state index contributed by atoms with van der Waals surface area (Å²) < 4.78 is 41.5. The van der Waals surface area contributed by atoms with Crippen LogP contribution >= 0.6 is 11.6 Å². The van der Waals surface area contributed by atoms with E-state index >= 15 is 0 Å². The van der Waals surface area contributed by atoms with Crippen molar-refractivity contribution in [2.75, 3.05) is 63.9 Å². The average molecular weight is 703 g/mol. The quantitative estimate of drug-likeness (QED) is 0.365. The minimum atomic E-state index is -4.72. The molecule has 4 aliphatic rings. The lowest BCUT2D eigenvalue weighted by Crippen LogP contribution is -2.51. The number of rotatable bonds is 6. The molecule has 4 heterocycles. The molecular weight excluding hydrogens is 657 g/mol. The Hall–Kier alpha value is -3.51. The maximum absolute atomic E-state index is 14.1. The molecule has 3 saturated heterocycles. The normalized spacial score (nSPS) is 21.2. The molecule has 49 heavy (non-hydrogen) atoms. The third kappa shape index (κ3) is 7.95. The Bertz CT molecular complexity index is 1540. The Morgan fingerprint density at radius 1 is 0.980 bits per heavy atom. The van der Waals surface area contributed by atoms with Crippen LogP contribution in [0.2, 0.25) is 5.02 Å². The number of nitrogens with one attached hydrogen (secondary N) is 1. The van der Waals surface area contributed by atoms with Crippen molar-refractivity contribution in [1.29, 1.82) is 0 Å². The fourth-order valence-electron chi connectivity index (χ4n) is 8.12. The predicted molar refractivity (Wildman–Crippen MR) is 183 cm³/mol. The fraction of sp³-hybridized carbons (Fsp3) is 0.583. The first kappa shape index (κ1) is 35.3. The minimum Gasteiger partial charge on any atom is -0.397 e. The molecule has 13 heteroatoms. The molecule has 9 nitrogen and oxygen atoms in total. The molecule has 0 radical (unpaired) electrons. The number of halogens is 4. The number of amides is 4. The lowest BCUT2D eigenvalue weighted by atomic mass is 9.71. The van der Waals surface area contributed by atoms with Gasteiger partial charge in [0.2, 0.25) is 11.8 Å². The minimum absolute atomic E-state index is 0.0336. The van der Waals surface area contributed by atoms with Gasteiger partial charge in [-0.05, 0) is 106 Å². The van der Waals surface area contributed by atoms with Crippen molar-refractivity contribution < 1.29 is 27.6 Å². The second-order valence-corrected chi connectivity index (χ2v) is 14.8. The summed E-state index contributed by atoms with van der Waals surface area (Å²) in [5.41, 5.74) is 6.41. The monoisotopic (exact) mass is 702 g/mol. The summed E-state index contributed by atoms with van der Waals surface area (Å²) in [6, 6.07) is 9.90. The molecule has 6 rings (SSSR count). The summed E-state index contributed by atoms with van der Waals surface area (Å²) >= 11 is 6.15. The molecule has 3 N–H and O–H groups in total. The van der Waals surface area contributed by atoms with Crippen molar-refractivity contribution in [2.45, 2.75) is 70.0 Å². The molecule has 0 bridgehead atoms. The van der Waals surface area contributed by atoms with Gasteiger partial charge in [0.1, 0.15) is 0 Å². The SMILES string of the molecule is CN1CCC2(CC1)CCN(C(=O)[C@H](CC(=O)N1CCC(N3CCc4ccccc4NC3=O)CC1)Cc1cc(Cl)c(N)c(C(F)(F)F)c1)CC2. The molecule has 2 aromatic rings. The lowest BCUT2D eigenvalue weighted by Gasteiger charge is -2.46. The van der Waals surface area contributed by atoms with Gasteiger partial charge in [-0.15, -0.1) is 0 Å². The molecule has 4 aliphatic heterocycles. The number of carbonyl (C=O) groups excluding carboxylic acids is 3. The summed E-state index contributed by atoms with van der Waals surface area (Å²) in [7, 11) is 2.12. The van der Waals surface area contributed by atoms with Crippen LogP contribution in [0, 0.1) is 11.3 Å². The van der Waals surface area contributed by atoms with Gasteiger partial charge in [-0.3, -0.25) is 9.59 Å². The Labute approximate surface area is 290 Å². The van der Waals surface area contributed by atoms with E-state index in [4.69, 9.17) is 17.3 Å². The van der Waals surface area contributed by atoms with E-state index in [9.17, 15) is 27.6 Å². The number of nitrogen functional groups attached to an aromatic ring is 1. The van der Waals surface area contributed by atoms with E-state index in [1.165, 1.54) is 6.07 Å². The highest BCUT2D eigenvalue weighted by Gasteiger charge is 2.41. The van der Waals surface area contributed by atoms with E-state index in [0.29, 0.717) is 45.6 Å². The highest BCUT2D eigenvalue weighted by atomic mass is 35.5. The number of anilines is 2. The highest BCUT2D eigenvalue weighted by Crippen LogP contribution is 2.42. The van der Waals surface area contributed by atoms with Gasteiger partial charge in [0.25, 0.3) is 0 Å². The molecule has 1 atom stereocenters. The number of carbonyl (C=O) groups is 3. The van der Waals surface area contributed by atoms with Gasteiger partial charge in [-0.2, -0.15) is 13.2 Å². The Balaban J connectivity index is 1.13. The van der Waals surface area contributed by atoms with Gasteiger partial charge in [0.05, 0.1) is 22.2 Å². The van der Waals surface area contributed by atoms with E-state index < -0.39 is 23.3 Å². The summed E-state index contributed by atoms with van der Waals surface area (Å²) in [5.74, 6) is -1.29. The number of para-hydroxylation sites is 1. The maximum Gasteiger partial charge on any atom is 0.418 e. The van der Waals surface area contributed by atoms with Crippen molar-refractivity contribution >= 4 is 40.8 Å². The number of hydrogen-bond acceptors (Lipinski definition) is 5. The fourth-order valence-corrected chi connectivity index (χ4v) is 8.36. The first-order valence-corrected chi connectivity index (χ1v) is 17.8. The Morgan fingerprint density at radius 3 is 2.31 bits per heavy atom. The molecule has 0 aliphatic carbocycles. The third-order valence-corrected chi connectivity index (χ3v) is 11.6. The van der Waals surface area contributed by atoms with Crippen molar-refractivity contribution in [1.82, 2.24) is 19.6 Å². The summed E-state index contributed by atoms with van der Waals surface area (Å²) in [6.45, 7) is 4.61. The van der Waals surface area contributed by atoms with Crippen molar-refractivity contribution in [2.24, 2.45) is 11.3 Å². The van der Waals surface area contributed by atoms with Crippen molar-refractivity contribution in [3.05, 3.63) is 58.1 Å². The highest BCUT2D eigenvalue weighted by molar-refractivity contribution is 6.33. The van der Waals surface area contributed by atoms with Crippen LogP contribution in [0.1, 0.15) is 61.6 Å². The first-order chi connectivity index (χ1) is 23.3. The molecule has 3 fully saturated rings. The average Bonchev–Trinajstić information content (AvgIpc) is 3.25. The van der Waals surface area contributed by atoms with Crippen LogP contribution in [0.4, 0.5) is 29.3 Å². The first-order valence-electron chi connectivity index (χ1n) is 17.4. The van der Waals surface area contributed by atoms with Gasteiger partial charge in [-0.1, -0.05) is 29.8 Å². The molecular formula is C36H46ClF3N6O3. The number of nitrogens with two attached hydrogens (primary N) is 1. The second-order valence-electron chi connectivity index (χ2n) is 14.4. The van der Waals surface area contributed by atoms with E-state index in [-0.39, 0.29) is 52.7 Å². The summed E-state index contributed by atoms with van der Waals surface area (Å²) in [5, 5.41) is 2.78. The number of hydrogen-bond donors (Lipinski definition) is 2. The Morgan fingerprint density at radius 2 is 1.63 bits per heavy atom. The molecule has 0 unspecified atom stereocenters. The topological polar surface area (TPSA) is 102 Å². The maximum atomic E-state index is 14.1. The molecule has 0 aromatic heterocycles. The van der Waals surface area contributed by atoms with Gasteiger partial charge in [0, 0.05) is 50.9 Å². The zero-order valence-electron chi connectivity index (χ0n) is 28.0. The number of benzene rings is 2. The van der Waals surface area contributed by atoms with Crippen LogP contribution in [-0.4, -0.2) is 96.3 Å². The smallest absolute Gasteiger partial charge is 0.397 e. The number of piperidine rings is 3. The van der Waals surface area contributed by atoms with Gasteiger partial charge in [0.15, 0.2) is 0 Å². The number of nitrogens with zero attached hydrogens (tertiary/aromatic N) is 4. The largest absolute Gasteiger partial charge is 0.418 e. The Kier molecular flexibility index (Phi) is 10.4. The van der Waals surface area contributed by atoms with E-state index in [0.717, 1.165) is 62.5 Å². The molecule has 266 valence electrons. The van der Waals surface area contributed by atoms with E-state index in [1.807, 2.05) is 29.2 Å². The lowest BCUT2D eigenvalue weighted by molar-refractivity contribution is -0.143. The molecule has 1 spiro atoms. The summed E-state index contributed by atoms with van der Waals surface area (Å²) in [6.07, 6.45) is 0.941. The van der Waals surface area contributed by atoms with Crippen LogP contribution in [-0.2, 0) is 28.6 Å². The van der Waals surface area contributed by atoms with Crippen molar-refractivity contribution in [3.8, 4) is 0 Å². The second kappa shape index (κ2) is 14.4. The van der Waals surface area contributed by atoms with Gasteiger partial charge < -0.3 is 30.7 Å². The van der Waals surface area contributed by atoms with E-state index in [1.54, 1.807) is 9.80 Å². The van der Waals surface area contributed by atoms with Crippen LogP contribution in [0.25, 0.3) is 0 Å². The third-order valence-electron chi connectivity index (χ3n) is 11.3. The van der Waals surface area contributed by atoms with Crippen LogP contribution < -0.4 is 11.1 Å². The van der Waals surface area contributed by atoms with Crippen molar-refractivity contribution in [3.63, 3.8) is 0 Å². The van der Waals surface area contributed by atoms with Crippen LogP contribution in [0.15, 0.2) is 36.4 Å². The van der Waals surface area contributed by atoms with E-state index in [2.05, 4.69) is 17.3 Å². The number of urea groups is 1. The van der Waals surface area contributed by atoms with Crippen LogP contribution in [0.3, 0.4) is 0 Å². The number of alkyl halides is 3.